The Labute approximate surface area is 110 Å². The van der Waals surface area contributed by atoms with Gasteiger partial charge < -0.3 is 0 Å². The quantitative estimate of drug-likeness (QED) is 0.791. The number of hydrogen-bond acceptors (Lipinski definition) is 4. The van der Waals surface area contributed by atoms with Gasteiger partial charge >= 0.3 is 0 Å². The van der Waals surface area contributed by atoms with Crippen molar-refractivity contribution in [1.82, 2.24) is 19.7 Å². The van der Waals surface area contributed by atoms with Crippen molar-refractivity contribution in [3.63, 3.8) is 0 Å². The van der Waals surface area contributed by atoms with Gasteiger partial charge in [0.25, 0.3) is 0 Å². The molecule has 2 rings (SSSR count). The second-order valence-corrected chi connectivity index (χ2v) is 5.21. The van der Waals surface area contributed by atoms with E-state index >= 15 is 0 Å². The van der Waals surface area contributed by atoms with Crippen molar-refractivity contribution in [1.29, 1.82) is 5.26 Å². The molecule has 0 N–H and O–H groups in total. The molecular formula is C12H12ClN5. The molecule has 2 heterocycles. The lowest BCUT2D eigenvalue weighted by molar-refractivity contribution is 0.558. The van der Waals surface area contributed by atoms with Gasteiger partial charge in [0.2, 0.25) is 0 Å². The predicted octanol–water partition coefficient (Wildman–Crippen LogP) is 2.48. The molecule has 0 radical (unpaired) electrons. The zero-order valence-corrected chi connectivity index (χ0v) is 11.1. The zero-order chi connectivity index (χ0) is 13.3. The molecule has 0 aliphatic heterocycles. The first-order valence-electron chi connectivity index (χ1n) is 5.40. The van der Waals surface area contributed by atoms with E-state index in [1.54, 1.807) is 12.3 Å². The maximum atomic E-state index is 9.20. The highest BCUT2D eigenvalue weighted by atomic mass is 35.5. The number of hydrogen-bond donors (Lipinski definition) is 0. The number of nitrogens with zero attached hydrogens (tertiary/aromatic N) is 5. The fraction of sp³-hybridized carbons (Fsp3) is 0.333. The molecule has 2 aromatic heterocycles. The van der Waals surface area contributed by atoms with E-state index in [2.05, 4.69) is 21.1 Å². The molecule has 5 nitrogen and oxygen atoms in total. The highest BCUT2D eigenvalue weighted by Crippen LogP contribution is 2.30. The monoisotopic (exact) mass is 261 g/mol. The molecule has 0 spiro atoms. The average Bonchev–Trinajstić information content (AvgIpc) is 2.67. The predicted molar refractivity (Wildman–Crippen MR) is 67.6 cm³/mol. The second kappa shape index (κ2) is 4.39. The van der Waals surface area contributed by atoms with Crippen LogP contribution in [0.1, 0.15) is 32.0 Å². The summed E-state index contributed by atoms with van der Waals surface area (Å²) in [4.78, 5) is 7.91. The summed E-state index contributed by atoms with van der Waals surface area (Å²) in [6.45, 7) is 5.95. The van der Waals surface area contributed by atoms with Gasteiger partial charge in [-0.1, -0.05) is 32.4 Å². The third-order valence-electron chi connectivity index (χ3n) is 2.43. The normalized spacial score (nSPS) is 11.3. The van der Waals surface area contributed by atoms with Gasteiger partial charge in [-0.05, 0) is 0 Å². The summed E-state index contributed by atoms with van der Waals surface area (Å²) in [6.07, 6.45) is 3.01. The van der Waals surface area contributed by atoms with Crippen LogP contribution in [0.5, 0.6) is 0 Å². The average molecular weight is 262 g/mol. The van der Waals surface area contributed by atoms with Crippen molar-refractivity contribution in [3.8, 4) is 11.9 Å². The lowest BCUT2D eigenvalue weighted by Crippen LogP contribution is -2.14. The van der Waals surface area contributed by atoms with Crippen molar-refractivity contribution < 1.29 is 0 Å². The molecule has 0 saturated carbocycles. The van der Waals surface area contributed by atoms with E-state index in [1.165, 1.54) is 11.0 Å². The van der Waals surface area contributed by atoms with Gasteiger partial charge in [0.1, 0.15) is 18.0 Å². The Morgan fingerprint density at radius 2 is 2.11 bits per heavy atom. The first-order chi connectivity index (χ1) is 8.45. The Bertz CT molecular complexity index is 604. The van der Waals surface area contributed by atoms with Gasteiger partial charge in [-0.2, -0.15) is 10.4 Å². The molecule has 2 aromatic rings. The Balaban J connectivity index is 2.66. The van der Waals surface area contributed by atoms with Gasteiger partial charge in [0, 0.05) is 17.7 Å². The Kier molecular flexibility index (Phi) is 3.05. The summed E-state index contributed by atoms with van der Waals surface area (Å²) in [5.74, 6) is 0.544. The zero-order valence-electron chi connectivity index (χ0n) is 10.3. The van der Waals surface area contributed by atoms with E-state index in [0.717, 1.165) is 0 Å². The molecule has 0 unspecified atom stereocenters. The Morgan fingerprint density at radius 1 is 1.39 bits per heavy atom. The minimum atomic E-state index is -0.257. The van der Waals surface area contributed by atoms with Gasteiger partial charge in [-0.3, -0.25) is 0 Å². The number of aromatic nitrogens is 4. The lowest BCUT2D eigenvalue weighted by Gasteiger charge is -2.14. The fourth-order valence-electron chi connectivity index (χ4n) is 1.58. The highest BCUT2D eigenvalue weighted by Gasteiger charge is 2.26. The largest absolute Gasteiger partial charge is 0.245 e. The van der Waals surface area contributed by atoms with Gasteiger partial charge in [0.05, 0.1) is 5.69 Å². The SMILES string of the molecule is CC(C)(C)c1nn(-c2ccncn2)c(Cl)c1C#N. The maximum absolute atomic E-state index is 9.20. The van der Waals surface area contributed by atoms with Crippen molar-refractivity contribution in [2.45, 2.75) is 26.2 Å². The van der Waals surface area contributed by atoms with E-state index in [9.17, 15) is 5.26 Å². The number of halogens is 1. The third kappa shape index (κ3) is 2.07. The van der Waals surface area contributed by atoms with E-state index in [0.29, 0.717) is 17.1 Å². The molecule has 0 amide bonds. The maximum Gasteiger partial charge on any atom is 0.158 e. The molecule has 92 valence electrons. The minimum absolute atomic E-state index is 0.257. The summed E-state index contributed by atoms with van der Waals surface area (Å²) in [6, 6.07) is 3.79. The van der Waals surface area contributed by atoms with Crippen LogP contribution in [0.2, 0.25) is 5.15 Å². The second-order valence-electron chi connectivity index (χ2n) is 4.86. The molecule has 0 saturated heterocycles. The Morgan fingerprint density at radius 3 is 2.56 bits per heavy atom. The number of rotatable bonds is 1. The van der Waals surface area contributed by atoms with Crippen LogP contribution < -0.4 is 0 Å². The third-order valence-corrected chi connectivity index (χ3v) is 2.78. The van der Waals surface area contributed by atoms with Crippen LogP contribution in [-0.4, -0.2) is 19.7 Å². The van der Waals surface area contributed by atoms with Crippen LogP contribution in [0, 0.1) is 11.3 Å². The lowest BCUT2D eigenvalue weighted by atomic mass is 9.90. The van der Waals surface area contributed by atoms with Crippen LogP contribution in [-0.2, 0) is 5.41 Å². The highest BCUT2D eigenvalue weighted by molar-refractivity contribution is 6.31. The van der Waals surface area contributed by atoms with Crippen LogP contribution in [0.4, 0.5) is 0 Å². The van der Waals surface area contributed by atoms with Crippen LogP contribution in [0.25, 0.3) is 5.82 Å². The van der Waals surface area contributed by atoms with E-state index in [1.807, 2.05) is 20.8 Å². The van der Waals surface area contributed by atoms with E-state index in [4.69, 9.17) is 11.6 Å². The Hall–Kier alpha value is -1.93. The molecule has 0 fully saturated rings. The van der Waals surface area contributed by atoms with Gasteiger partial charge in [-0.25, -0.2) is 14.6 Å². The van der Waals surface area contributed by atoms with Crippen molar-refractivity contribution in [2.75, 3.05) is 0 Å². The summed E-state index contributed by atoms with van der Waals surface area (Å²) >= 11 is 6.19. The van der Waals surface area contributed by atoms with Gasteiger partial charge in [-0.15, -0.1) is 0 Å². The van der Waals surface area contributed by atoms with E-state index in [-0.39, 0.29) is 10.6 Å². The molecule has 18 heavy (non-hydrogen) atoms. The summed E-state index contributed by atoms with van der Waals surface area (Å²) in [5.41, 5.74) is 0.795. The topological polar surface area (TPSA) is 67.4 Å². The molecule has 0 aliphatic rings. The first kappa shape index (κ1) is 12.5. The van der Waals surface area contributed by atoms with Crippen molar-refractivity contribution in [2.24, 2.45) is 0 Å². The van der Waals surface area contributed by atoms with Crippen LogP contribution >= 0.6 is 11.6 Å². The van der Waals surface area contributed by atoms with Gasteiger partial charge in [0.15, 0.2) is 11.0 Å². The fourth-order valence-corrected chi connectivity index (χ4v) is 1.84. The summed E-state index contributed by atoms with van der Waals surface area (Å²) < 4.78 is 1.46. The minimum Gasteiger partial charge on any atom is -0.245 e. The summed E-state index contributed by atoms with van der Waals surface area (Å²) in [7, 11) is 0. The van der Waals surface area contributed by atoms with Crippen LogP contribution in [0.3, 0.4) is 0 Å². The molecule has 0 atom stereocenters. The number of nitriles is 1. The van der Waals surface area contributed by atoms with Crippen molar-refractivity contribution >= 4 is 11.6 Å². The van der Waals surface area contributed by atoms with Crippen LogP contribution in [0.15, 0.2) is 18.6 Å². The summed E-state index contributed by atoms with van der Waals surface area (Å²) in [5, 5.41) is 13.9. The standard InChI is InChI=1S/C12H12ClN5/c1-12(2,3)10-8(6-14)11(13)18(17-10)9-4-5-15-7-16-9/h4-5,7H,1-3H3. The molecule has 0 aromatic carbocycles. The molecular weight excluding hydrogens is 250 g/mol. The van der Waals surface area contributed by atoms with Crippen molar-refractivity contribution in [3.05, 3.63) is 35.0 Å². The molecule has 0 bridgehead atoms. The first-order valence-corrected chi connectivity index (χ1v) is 5.78. The molecule has 0 aliphatic carbocycles. The molecule has 6 heteroatoms. The smallest absolute Gasteiger partial charge is 0.158 e. The van der Waals surface area contributed by atoms with E-state index < -0.39 is 0 Å².